The van der Waals surface area contributed by atoms with Crippen LogP contribution in [0.2, 0.25) is 15.1 Å². The van der Waals surface area contributed by atoms with Crippen molar-refractivity contribution in [2.75, 3.05) is 0 Å². The van der Waals surface area contributed by atoms with Crippen LogP contribution in [0.15, 0.2) is 46.5 Å². The molecule has 2 aromatic carbocycles. The highest BCUT2D eigenvalue weighted by molar-refractivity contribution is 8.04. The van der Waals surface area contributed by atoms with E-state index in [2.05, 4.69) is 15.2 Å². The van der Waals surface area contributed by atoms with E-state index in [-0.39, 0.29) is 11.5 Å². The highest BCUT2D eigenvalue weighted by Crippen LogP contribution is 2.32. The molecule has 30 heavy (non-hydrogen) atoms. The standard InChI is InChI=1S/C20H16Cl3N3O3S/c1-2-18-24-20(26-25-18)30-17(19(27)28)8-12-7-13(21)5-6-16(12)29-10-11-3-4-14(22)9-15(11)23/h3-9H,2,10H2,1H3,(H,27,28)(H,24,25,26)/b17-8-. The molecule has 1 heterocycles. The van der Waals surface area contributed by atoms with Gasteiger partial charge in [-0.1, -0.05) is 47.8 Å². The van der Waals surface area contributed by atoms with Crippen LogP contribution >= 0.6 is 46.6 Å². The summed E-state index contributed by atoms with van der Waals surface area (Å²) in [4.78, 5) is 16.0. The highest BCUT2D eigenvalue weighted by atomic mass is 35.5. The van der Waals surface area contributed by atoms with Crippen LogP contribution in [0.25, 0.3) is 6.08 Å². The van der Waals surface area contributed by atoms with Crippen molar-refractivity contribution in [2.45, 2.75) is 25.1 Å². The van der Waals surface area contributed by atoms with Crippen LogP contribution in [-0.4, -0.2) is 26.3 Å². The van der Waals surface area contributed by atoms with E-state index in [0.717, 1.165) is 17.3 Å². The van der Waals surface area contributed by atoms with Gasteiger partial charge in [-0.2, -0.15) is 0 Å². The third-order valence-electron chi connectivity index (χ3n) is 3.91. The molecule has 0 saturated carbocycles. The minimum Gasteiger partial charge on any atom is -0.488 e. The Bertz CT molecular complexity index is 1100. The topological polar surface area (TPSA) is 88.1 Å². The number of thioether (sulfide) groups is 1. The van der Waals surface area contributed by atoms with Crippen molar-refractivity contribution in [2.24, 2.45) is 0 Å². The molecule has 0 amide bonds. The molecule has 0 aliphatic rings. The molecule has 0 aliphatic heterocycles. The Balaban J connectivity index is 1.87. The summed E-state index contributed by atoms with van der Waals surface area (Å²) in [5, 5.41) is 18.2. The number of carboxylic acids is 1. The zero-order chi connectivity index (χ0) is 21.7. The van der Waals surface area contributed by atoms with Gasteiger partial charge in [-0.15, -0.1) is 5.10 Å². The summed E-state index contributed by atoms with van der Waals surface area (Å²) in [7, 11) is 0. The number of benzene rings is 2. The summed E-state index contributed by atoms with van der Waals surface area (Å²) in [5.41, 5.74) is 1.25. The molecule has 2 N–H and O–H groups in total. The number of hydrogen-bond acceptors (Lipinski definition) is 5. The zero-order valence-corrected chi connectivity index (χ0v) is 18.7. The number of aromatic amines is 1. The Labute approximate surface area is 192 Å². The summed E-state index contributed by atoms with van der Waals surface area (Å²) in [6, 6.07) is 10.1. The van der Waals surface area contributed by atoms with Crippen molar-refractivity contribution in [1.82, 2.24) is 15.2 Å². The second-order valence-corrected chi connectivity index (χ2v) is 8.33. The lowest BCUT2D eigenvalue weighted by Gasteiger charge is -2.12. The molecule has 0 saturated heterocycles. The van der Waals surface area contributed by atoms with Crippen LogP contribution < -0.4 is 4.74 Å². The molecular weight excluding hydrogens is 469 g/mol. The second-order valence-electron chi connectivity index (χ2n) is 6.04. The fourth-order valence-electron chi connectivity index (χ4n) is 2.41. The second kappa shape index (κ2) is 10.2. The highest BCUT2D eigenvalue weighted by Gasteiger charge is 2.15. The molecule has 0 aliphatic carbocycles. The van der Waals surface area contributed by atoms with Crippen molar-refractivity contribution in [3.05, 3.63) is 73.3 Å². The number of nitrogens with one attached hydrogen (secondary N) is 1. The first kappa shape index (κ1) is 22.5. The van der Waals surface area contributed by atoms with E-state index in [1.54, 1.807) is 36.4 Å². The zero-order valence-electron chi connectivity index (χ0n) is 15.7. The lowest BCUT2D eigenvalue weighted by molar-refractivity contribution is -0.131. The first-order valence-corrected chi connectivity index (χ1v) is 10.7. The van der Waals surface area contributed by atoms with Crippen molar-refractivity contribution >= 4 is 58.6 Å². The summed E-state index contributed by atoms with van der Waals surface area (Å²) in [5.74, 6) is 0.0115. The smallest absolute Gasteiger partial charge is 0.342 e. The van der Waals surface area contributed by atoms with Gasteiger partial charge in [-0.3, -0.25) is 5.10 Å². The van der Waals surface area contributed by atoms with Gasteiger partial charge in [0, 0.05) is 32.6 Å². The van der Waals surface area contributed by atoms with Crippen molar-refractivity contribution in [3.8, 4) is 5.75 Å². The van der Waals surface area contributed by atoms with E-state index in [9.17, 15) is 9.90 Å². The third-order valence-corrected chi connectivity index (χ3v) is 5.61. The molecule has 156 valence electrons. The van der Waals surface area contributed by atoms with Crippen molar-refractivity contribution in [1.29, 1.82) is 0 Å². The molecule has 0 radical (unpaired) electrons. The average Bonchev–Trinajstić information content (AvgIpc) is 3.15. The number of H-pyrrole nitrogens is 1. The van der Waals surface area contributed by atoms with Crippen molar-refractivity contribution < 1.29 is 14.6 Å². The van der Waals surface area contributed by atoms with Gasteiger partial charge < -0.3 is 9.84 Å². The maximum atomic E-state index is 11.8. The lowest BCUT2D eigenvalue weighted by atomic mass is 10.2. The molecule has 0 spiro atoms. The van der Waals surface area contributed by atoms with E-state index in [0.29, 0.717) is 43.8 Å². The van der Waals surface area contributed by atoms with Gasteiger partial charge in [-0.25, -0.2) is 9.78 Å². The summed E-state index contributed by atoms with van der Waals surface area (Å²) < 4.78 is 5.88. The first-order valence-electron chi connectivity index (χ1n) is 8.76. The van der Waals surface area contributed by atoms with Crippen LogP contribution in [0.4, 0.5) is 0 Å². The average molecular weight is 485 g/mol. The Morgan fingerprint density at radius 2 is 1.93 bits per heavy atom. The van der Waals surface area contributed by atoms with Crippen LogP contribution in [-0.2, 0) is 17.8 Å². The number of ether oxygens (including phenoxy) is 1. The Morgan fingerprint density at radius 3 is 2.60 bits per heavy atom. The molecule has 3 rings (SSSR count). The minimum absolute atomic E-state index is 0.0216. The Morgan fingerprint density at radius 1 is 1.20 bits per heavy atom. The molecule has 0 bridgehead atoms. The normalized spacial score (nSPS) is 11.5. The quantitative estimate of drug-likeness (QED) is 0.296. The number of nitrogens with zero attached hydrogens (tertiary/aromatic N) is 2. The number of rotatable bonds is 8. The molecule has 0 unspecified atom stereocenters. The van der Waals surface area contributed by atoms with E-state index in [1.165, 1.54) is 6.08 Å². The first-order chi connectivity index (χ1) is 14.4. The van der Waals surface area contributed by atoms with E-state index in [1.807, 2.05) is 6.92 Å². The third kappa shape index (κ3) is 5.92. The van der Waals surface area contributed by atoms with Gasteiger partial charge in [-0.05, 0) is 48.2 Å². The number of halogens is 3. The van der Waals surface area contributed by atoms with E-state index >= 15 is 0 Å². The molecule has 1 aromatic heterocycles. The predicted octanol–water partition coefficient (Wildman–Crippen LogP) is 6.12. The molecular formula is C20H16Cl3N3O3S. The van der Waals surface area contributed by atoms with Gasteiger partial charge in [0.05, 0.1) is 0 Å². The van der Waals surface area contributed by atoms with Crippen LogP contribution in [0.3, 0.4) is 0 Å². The van der Waals surface area contributed by atoms with Crippen LogP contribution in [0, 0.1) is 0 Å². The fourth-order valence-corrected chi connectivity index (χ4v) is 3.77. The SMILES string of the molecule is CCc1nc(S/C(=C\c2cc(Cl)ccc2OCc2ccc(Cl)cc2Cl)C(=O)O)n[nH]1. The maximum Gasteiger partial charge on any atom is 0.342 e. The molecule has 3 aromatic rings. The fraction of sp³-hybridized carbons (Fsp3) is 0.150. The Hall–Kier alpha value is -2.19. The number of hydrogen-bond donors (Lipinski definition) is 2. The Kier molecular flexibility index (Phi) is 7.66. The van der Waals surface area contributed by atoms with Crippen molar-refractivity contribution in [3.63, 3.8) is 0 Å². The molecule has 0 fully saturated rings. The maximum absolute atomic E-state index is 11.8. The molecule has 0 atom stereocenters. The number of aliphatic carboxylic acids is 1. The van der Waals surface area contributed by atoms with Gasteiger partial charge in [0.15, 0.2) is 0 Å². The monoisotopic (exact) mass is 483 g/mol. The lowest BCUT2D eigenvalue weighted by Crippen LogP contribution is -2.00. The van der Waals surface area contributed by atoms with E-state index < -0.39 is 5.97 Å². The predicted molar refractivity (Wildman–Crippen MR) is 119 cm³/mol. The largest absolute Gasteiger partial charge is 0.488 e. The van der Waals surface area contributed by atoms with E-state index in [4.69, 9.17) is 39.5 Å². The summed E-state index contributed by atoms with van der Waals surface area (Å²) in [6.45, 7) is 2.10. The molecule has 6 nitrogen and oxygen atoms in total. The van der Waals surface area contributed by atoms with Gasteiger partial charge >= 0.3 is 5.97 Å². The number of carbonyl (C=O) groups is 1. The molecule has 10 heteroatoms. The number of carboxylic acid groups (broad SMARTS) is 1. The van der Waals surface area contributed by atoms with Crippen LogP contribution in [0.5, 0.6) is 5.75 Å². The minimum atomic E-state index is -1.12. The number of aryl methyl sites for hydroxylation is 1. The van der Waals surface area contributed by atoms with Gasteiger partial charge in [0.2, 0.25) is 5.16 Å². The van der Waals surface area contributed by atoms with Crippen LogP contribution in [0.1, 0.15) is 23.9 Å². The summed E-state index contributed by atoms with van der Waals surface area (Å²) in [6.07, 6.45) is 2.14. The summed E-state index contributed by atoms with van der Waals surface area (Å²) >= 11 is 19.2. The number of aromatic nitrogens is 3. The van der Waals surface area contributed by atoms with Gasteiger partial charge in [0.25, 0.3) is 0 Å². The van der Waals surface area contributed by atoms with Gasteiger partial charge in [0.1, 0.15) is 23.1 Å².